The van der Waals surface area contributed by atoms with Gasteiger partial charge >= 0.3 is 0 Å². The fraction of sp³-hybridized carbons (Fsp3) is 1.00. The van der Waals surface area contributed by atoms with Crippen molar-refractivity contribution >= 4 is 0 Å². The molecule has 0 aliphatic carbocycles. The Labute approximate surface area is 115 Å². The monoisotopic (exact) mass is 280 g/mol. The van der Waals surface area contributed by atoms with Gasteiger partial charge in [0.1, 0.15) is 0 Å². The van der Waals surface area contributed by atoms with Crippen LogP contribution in [0.2, 0.25) is 0 Å². The van der Waals surface area contributed by atoms with Gasteiger partial charge in [-0.25, -0.2) is 0 Å². The predicted octanol–water partition coefficient (Wildman–Crippen LogP) is -0.711. The molecule has 0 aliphatic heterocycles. The van der Waals surface area contributed by atoms with E-state index in [2.05, 4.69) is 5.43 Å². The maximum Gasteiger partial charge on any atom is 0.0701 e. The highest BCUT2D eigenvalue weighted by atomic mass is 16.5. The smallest absolute Gasteiger partial charge is 0.0701 e. The number of nitrogens with two attached hydrogens (primary N) is 1. The van der Waals surface area contributed by atoms with Crippen molar-refractivity contribution < 1.29 is 24.1 Å². The van der Waals surface area contributed by atoms with Crippen LogP contribution in [-0.2, 0) is 18.9 Å². The van der Waals surface area contributed by atoms with Gasteiger partial charge in [-0.3, -0.25) is 11.3 Å². The van der Waals surface area contributed by atoms with Gasteiger partial charge in [-0.15, -0.1) is 0 Å². The van der Waals surface area contributed by atoms with Crippen LogP contribution >= 0.6 is 0 Å². The summed E-state index contributed by atoms with van der Waals surface area (Å²) in [5.74, 6) is 5.09. The van der Waals surface area contributed by atoms with E-state index in [9.17, 15) is 0 Å². The highest BCUT2D eigenvalue weighted by Crippen LogP contribution is 1.92. The minimum absolute atomic E-state index is 0.0593. The van der Waals surface area contributed by atoms with Crippen molar-refractivity contribution in [3.05, 3.63) is 0 Å². The summed E-state index contributed by atoms with van der Waals surface area (Å²) in [5, 5.41) is 8.47. The summed E-state index contributed by atoms with van der Waals surface area (Å²) >= 11 is 0. The molecule has 0 saturated heterocycles. The van der Waals surface area contributed by atoms with Gasteiger partial charge in [-0.1, -0.05) is 0 Å². The molecular weight excluding hydrogens is 252 g/mol. The molecule has 0 aromatic carbocycles. The molecule has 0 spiro atoms. The van der Waals surface area contributed by atoms with E-state index in [1.165, 1.54) is 0 Å². The van der Waals surface area contributed by atoms with Gasteiger partial charge in [-0.05, 0) is 12.8 Å². The van der Waals surface area contributed by atoms with E-state index >= 15 is 0 Å². The SMILES string of the molecule is NNCCOCCOCCCCOCCOCCO. The number of rotatable bonds is 16. The van der Waals surface area contributed by atoms with Crippen LogP contribution in [0.5, 0.6) is 0 Å². The average molecular weight is 280 g/mol. The summed E-state index contributed by atoms with van der Waals surface area (Å²) in [7, 11) is 0. The second-order valence-electron chi connectivity index (χ2n) is 3.83. The fourth-order valence-electron chi connectivity index (χ4n) is 1.25. The number of ether oxygens (including phenoxy) is 4. The third-order valence-corrected chi connectivity index (χ3v) is 2.20. The van der Waals surface area contributed by atoms with Gasteiger partial charge in [0.15, 0.2) is 0 Å². The van der Waals surface area contributed by atoms with Gasteiger partial charge < -0.3 is 24.1 Å². The third kappa shape index (κ3) is 17.7. The van der Waals surface area contributed by atoms with Crippen LogP contribution in [0.25, 0.3) is 0 Å². The van der Waals surface area contributed by atoms with Crippen molar-refractivity contribution in [2.45, 2.75) is 12.8 Å². The summed E-state index contributed by atoms with van der Waals surface area (Å²) in [6.07, 6.45) is 1.94. The maximum atomic E-state index is 8.47. The number of nitrogens with one attached hydrogen (secondary N) is 1. The quantitative estimate of drug-likeness (QED) is 0.195. The predicted molar refractivity (Wildman–Crippen MR) is 71.8 cm³/mol. The molecule has 0 atom stereocenters. The zero-order valence-corrected chi connectivity index (χ0v) is 11.6. The molecule has 0 heterocycles. The highest BCUT2D eigenvalue weighted by Gasteiger charge is 1.93. The molecule has 0 fully saturated rings. The normalized spacial score (nSPS) is 11.1. The van der Waals surface area contributed by atoms with Crippen LogP contribution in [0, 0.1) is 0 Å². The Morgan fingerprint density at radius 3 is 1.63 bits per heavy atom. The van der Waals surface area contributed by atoms with Gasteiger partial charge in [0.25, 0.3) is 0 Å². The Balaban J connectivity index is 2.88. The van der Waals surface area contributed by atoms with E-state index in [0.29, 0.717) is 52.8 Å². The van der Waals surface area contributed by atoms with Crippen molar-refractivity contribution in [3.8, 4) is 0 Å². The van der Waals surface area contributed by atoms with Crippen LogP contribution in [0.1, 0.15) is 12.8 Å². The lowest BCUT2D eigenvalue weighted by Crippen LogP contribution is -2.26. The maximum absolute atomic E-state index is 8.47. The van der Waals surface area contributed by atoms with Gasteiger partial charge in [0, 0.05) is 19.8 Å². The highest BCUT2D eigenvalue weighted by molar-refractivity contribution is 4.40. The molecule has 0 unspecified atom stereocenters. The van der Waals surface area contributed by atoms with E-state index in [1.54, 1.807) is 0 Å². The molecule has 7 heteroatoms. The number of aliphatic hydroxyl groups excluding tert-OH is 1. The standard InChI is InChI=1S/C12H28N2O5/c13-14-3-7-18-11-9-16-5-1-2-6-17-10-12-19-8-4-15/h14-15H,1-13H2. The molecule has 4 N–H and O–H groups in total. The van der Waals surface area contributed by atoms with Crippen molar-refractivity contribution in [3.63, 3.8) is 0 Å². The third-order valence-electron chi connectivity index (χ3n) is 2.20. The molecule has 0 aromatic heterocycles. The van der Waals surface area contributed by atoms with Crippen LogP contribution in [0.4, 0.5) is 0 Å². The number of hydrazine groups is 1. The molecule has 0 rings (SSSR count). The summed E-state index contributed by atoms with van der Waals surface area (Å²) in [5.41, 5.74) is 2.51. The molecule has 7 nitrogen and oxygen atoms in total. The molecule has 0 saturated carbocycles. The Bertz CT molecular complexity index is 147. The first-order valence-corrected chi connectivity index (χ1v) is 6.77. The minimum Gasteiger partial charge on any atom is -0.394 e. The van der Waals surface area contributed by atoms with Gasteiger partial charge in [0.05, 0.1) is 46.2 Å². The molecule has 0 aromatic rings. The van der Waals surface area contributed by atoms with Crippen molar-refractivity contribution in [2.24, 2.45) is 5.84 Å². The van der Waals surface area contributed by atoms with Crippen molar-refractivity contribution in [2.75, 3.05) is 66.0 Å². The van der Waals surface area contributed by atoms with Crippen molar-refractivity contribution in [1.82, 2.24) is 5.43 Å². The lowest BCUT2D eigenvalue weighted by molar-refractivity contribution is 0.0262. The van der Waals surface area contributed by atoms with E-state index in [0.717, 1.165) is 19.4 Å². The molecule has 0 aliphatic rings. The topological polar surface area (TPSA) is 95.2 Å². The van der Waals surface area contributed by atoms with Crippen LogP contribution in [-0.4, -0.2) is 71.1 Å². The number of hydrogen-bond acceptors (Lipinski definition) is 7. The zero-order chi connectivity index (χ0) is 14.0. The zero-order valence-electron chi connectivity index (χ0n) is 11.6. The molecule has 0 amide bonds. The average Bonchev–Trinajstić information content (AvgIpc) is 2.43. The first-order valence-electron chi connectivity index (χ1n) is 6.77. The Morgan fingerprint density at radius 1 is 0.684 bits per heavy atom. The molecular formula is C12H28N2O5. The molecule has 19 heavy (non-hydrogen) atoms. The molecule has 116 valence electrons. The summed E-state index contributed by atoms with van der Waals surface area (Å²) < 4.78 is 21.0. The lowest BCUT2D eigenvalue weighted by atomic mass is 10.3. The Morgan fingerprint density at radius 2 is 1.16 bits per heavy atom. The van der Waals surface area contributed by atoms with Crippen molar-refractivity contribution in [1.29, 1.82) is 0 Å². The largest absolute Gasteiger partial charge is 0.394 e. The minimum atomic E-state index is 0.0593. The number of unbranched alkanes of at least 4 members (excludes halogenated alkanes) is 1. The van der Waals surface area contributed by atoms with Gasteiger partial charge in [-0.2, -0.15) is 0 Å². The van der Waals surface area contributed by atoms with Crippen LogP contribution < -0.4 is 11.3 Å². The van der Waals surface area contributed by atoms with E-state index in [4.69, 9.17) is 29.9 Å². The Hall–Kier alpha value is -0.280. The van der Waals surface area contributed by atoms with Crippen LogP contribution in [0.3, 0.4) is 0 Å². The first-order chi connectivity index (χ1) is 9.41. The van der Waals surface area contributed by atoms with E-state index in [1.807, 2.05) is 0 Å². The second kappa shape index (κ2) is 17.7. The van der Waals surface area contributed by atoms with E-state index in [-0.39, 0.29) is 6.61 Å². The Kier molecular flexibility index (Phi) is 17.5. The number of hydrogen-bond donors (Lipinski definition) is 3. The van der Waals surface area contributed by atoms with Gasteiger partial charge in [0.2, 0.25) is 0 Å². The summed E-state index contributed by atoms with van der Waals surface area (Å²) in [6, 6.07) is 0. The fourth-order valence-corrected chi connectivity index (χ4v) is 1.25. The first kappa shape index (κ1) is 18.7. The summed E-state index contributed by atoms with van der Waals surface area (Å²) in [4.78, 5) is 0. The van der Waals surface area contributed by atoms with Crippen LogP contribution in [0.15, 0.2) is 0 Å². The molecule has 0 bridgehead atoms. The van der Waals surface area contributed by atoms with E-state index < -0.39 is 0 Å². The number of aliphatic hydroxyl groups is 1. The lowest BCUT2D eigenvalue weighted by Gasteiger charge is -2.06. The summed E-state index contributed by atoms with van der Waals surface area (Å²) in [6.45, 7) is 5.44. The molecule has 0 radical (unpaired) electrons. The second-order valence-corrected chi connectivity index (χ2v) is 3.83.